The lowest BCUT2D eigenvalue weighted by atomic mass is 9.88. The molecule has 2 rings (SSSR count). The third-order valence-corrected chi connectivity index (χ3v) is 2.93. The lowest BCUT2D eigenvalue weighted by molar-refractivity contribution is 0.295. The molecule has 0 aromatic rings. The molecule has 1 heterocycles. The first-order chi connectivity index (χ1) is 4.38. The van der Waals surface area contributed by atoms with Crippen molar-refractivity contribution in [3.05, 3.63) is 6.92 Å². The Morgan fingerprint density at radius 1 is 1.11 bits per heavy atom. The van der Waals surface area contributed by atoms with E-state index in [2.05, 4.69) is 12.2 Å². The summed E-state index contributed by atoms with van der Waals surface area (Å²) in [6, 6.07) is 0. The summed E-state index contributed by atoms with van der Waals surface area (Å²) in [5.41, 5.74) is 0. The van der Waals surface area contributed by atoms with Crippen LogP contribution in [0.4, 0.5) is 0 Å². The molecule has 1 nitrogen and oxygen atoms in total. The molecular weight excluding hydrogens is 110 g/mol. The highest BCUT2D eigenvalue weighted by Gasteiger charge is 2.35. The monoisotopic (exact) mass is 124 g/mol. The van der Waals surface area contributed by atoms with Crippen LogP contribution in [0.1, 0.15) is 12.8 Å². The Bertz CT molecular complexity index is 95.1. The second kappa shape index (κ2) is 1.98. The van der Waals surface area contributed by atoms with Gasteiger partial charge in [-0.2, -0.15) is 0 Å². The molecule has 2 atom stereocenters. The SMILES string of the molecule is [CH2]C1C2CCC1CNC2. The number of hydrogen-bond donors (Lipinski definition) is 1. The number of nitrogens with one attached hydrogen (secondary N) is 1. The summed E-state index contributed by atoms with van der Waals surface area (Å²) in [5, 5.41) is 3.44. The molecule has 2 aliphatic rings. The second-order valence-electron chi connectivity index (χ2n) is 3.42. The van der Waals surface area contributed by atoms with E-state index in [9.17, 15) is 0 Å². The zero-order chi connectivity index (χ0) is 6.27. The van der Waals surface area contributed by atoms with Crippen LogP contribution in [0.25, 0.3) is 0 Å². The highest BCUT2D eigenvalue weighted by molar-refractivity contribution is 4.92. The van der Waals surface area contributed by atoms with E-state index in [1.165, 1.54) is 25.9 Å². The molecule has 1 N–H and O–H groups in total. The number of piperidine rings is 1. The van der Waals surface area contributed by atoms with E-state index in [1.807, 2.05) is 0 Å². The summed E-state index contributed by atoms with van der Waals surface area (Å²) in [6.45, 7) is 6.64. The van der Waals surface area contributed by atoms with E-state index in [4.69, 9.17) is 0 Å². The lowest BCUT2D eigenvalue weighted by Gasteiger charge is -2.26. The van der Waals surface area contributed by atoms with Crippen LogP contribution in [0.2, 0.25) is 0 Å². The van der Waals surface area contributed by atoms with Crippen LogP contribution in [-0.2, 0) is 0 Å². The van der Waals surface area contributed by atoms with Crippen molar-refractivity contribution in [2.24, 2.45) is 17.8 Å². The van der Waals surface area contributed by atoms with E-state index >= 15 is 0 Å². The van der Waals surface area contributed by atoms with Gasteiger partial charge in [-0.1, -0.05) is 0 Å². The predicted octanol–water partition coefficient (Wildman–Crippen LogP) is 1.07. The fraction of sp³-hybridized carbons (Fsp3) is 0.875. The minimum Gasteiger partial charge on any atom is -0.316 e. The van der Waals surface area contributed by atoms with Crippen LogP contribution in [0.5, 0.6) is 0 Å². The summed E-state index contributed by atoms with van der Waals surface area (Å²) in [5.74, 6) is 2.58. The minimum atomic E-state index is 0.770. The van der Waals surface area contributed by atoms with Gasteiger partial charge in [-0.25, -0.2) is 0 Å². The van der Waals surface area contributed by atoms with Crippen LogP contribution in [-0.4, -0.2) is 13.1 Å². The van der Waals surface area contributed by atoms with Gasteiger partial charge in [0.2, 0.25) is 0 Å². The van der Waals surface area contributed by atoms with Crippen molar-refractivity contribution >= 4 is 0 Å². The molecule has 9 heavy (non-hydrogen) atoms. The zero-order valence-corrected chi connectivity index (χ0v) is 5.77. The van der Waals surface area contributed by atoms with Gasteiger partial charge in [0, 0.05) is 0 Å². The van der Waals surface area contributed by atoms with E-state index in [-0.39, 0.29) is 0 Å². The first-order valence-corrected chi connectivity index (χ1v) is 3.92. The highest BCUT2D eigenvalue weighted by Crippen LogP contribution is 2.37. The summed E-state index contributed by atoms with van der Waals surface area (Å²) in [7, 11) is 0. The molecule has 2 unspecified atom stereocenters. The van der Waals surface area contributed by atoms with Gasteiger partial charge in [-0.05, 0) is 50.6 Å². The molecule has 0 spiro atoms. The number of fused-ring (bicyclic) bond motifs is 2. The maximum absolute atomic E-state index is 4.18. The summed E-state index contributed by atoms with van der Waals surface area (Å²) in [6.07, 6.45) is 2.84. The molecule has 2 bridgehead atoms. The summed E-state index contributed by atoms with van der Waals surface area (Å²) < 4.78 is 0. The average Bonchev–Trinajstić information content (AvgIpc) is 2.19. The average molecular weight is 124 g/mol. The van der Waals surface area contributed by atoms with Crippen molar-refractivity contribution in [3.8, 4) is 0 Å². The van der Waals surface area contributed by atoms with Crippen molar-refractivity contribution in [1.82, 2.24) is 5.32 Å². The van der Waals surface area contributed by atoms with Crippen LogP contribution in [0.15, 0.2) is 0 Å². The highest BCUT2D eigenvalue weighted by atomic mass is 14.9. The van der Waals surface area contributed by atoms with Crippen LogP contribution >= 0.6 is 0 Å². The van der Waals surface area contributed by atoms with Crippen LogP contribution in [0.3, 0.4) is 0 Å². The summed E-state index contributed by atoms with van der Waals surface area (Å²) >= 11 is 0. The smallest absolute Gasteiger partial charge is 0.00176 e. The quantitative estimate of drug-likeness (QED) is 0.509. The Kier molecular flexibility index (Phi) is 1.26. The van der Waals surface area contributed by atoms with E-state index < -0.39 is 0 Å². The Hall–Kier alpha value is -0.0400. The Morgan fingerprint density at radius 3 is 2.11 bits per heavy atom. The molecule has 0 aromatic heterocycles. The minimum absolute atomic E-state index is 0.770. The standard InChI is InChI=1S/C8H14N/c1-6-7-2-3-8(6)5-9-4-7/h6-9H,1-5H2. The van der Waals surface area contributed by atoms with Crippen LogP contribution in [0, 0.1) is 24.7 Å². The number of hydrogen-bond acceptors (Lipinski definition) is 1. The maximum atomic E-state index is 4.18. The Balaban J connectivity index is 2.10. The van der Waals surface area contributed by atoms with Crippen molar-refractivity contribution in [2.75, 3.05) is 13.1 Å². The first kappa shape index (κ1) is 5.72. The topological polar surface area (TPSA) is 12.0 Å². The first-order valence-electron chi connectivity index (χ1n) is 3.92. The van der Waals surface area contributed by atoms with E-state index in [0.29, 0.717) is 0 Å². The van der Waals surface area contributed by atoms with Crippen LogP contribution < -0.4 is 5.32 Å². The zero-order valence-electron chi connectivity index (χ0n) is 5.77. The largest absolute Gasteiger partial charge is 0.316 e. The molecule has 51 valence electrons. The van der Waals surface area contributed by atoms with Gasteiger partial charge < -0.3 is 5.32 Å². The molecule has 1 radical (unpaired) electrons. The molecule has 1 heteroatoms. The van der Waals surface area contributed by atoms with Gasteiger partial charge in [0.15, 0.2) is 0 Å². The third-order valence-electron chi connectivity index (χ3n) is 2.93. The molecular formula is C8H14N. The van der Waals surface area contributed by atoms with Crippen molar-refractivity contribution < 1.29 is 0 Å². The lowest BCUT2D eigenvalue weighted by Crippen LogP contribution is -2.36. The molecule has 1 saturated heterocycles. The van der Waals surface area contributed by atoms with Gasteiger partial charge in [-0.3, -0.25) is 0 Å². The fourth-order valence-corrected chi connectivity index (χ4v) is 2.20. The van der Waals surface area contributed by atoms with E-state index in [0.717, 1.165) is 17.8 Å². The van der Waals surface area contributed by atoms with Gasteiger partial charge in [0.05, 0.1) is 0 Å². The molecule has 2 fully saturated rings. The molecule has 1 aliphatic carbocycles. The third kappa shape index (κ3) is 0.787. The Labute approximate surface area is 56.8 Å². The number of rotatable bonds is 0. The maximum Gasteiger partial charge on any atom is -0.00176 e. The Morgan fingerprint density at radius 2 is 1.67 bits per heavy atom. The van der Waals surface area contributed by atoms with Crippen molar-refractivity contribution in [3.63, 3.8) is 0 Å². The molecule has 1 saturated carbocycles. The molecule has 1 aliphatic heterocycles. The van der Waals surface area contributed by atoms with Gasteiger partial charge >= 0.3 is 0 Å². The summed E-state index contributed by atoms with van der Waals surface area (Å²) in [4.78, 5) is 0. The van der Waals surface area contributed by atoms with Gasteiger partial charge in [0.25, 0.3) is 0 Å². The predicted molar refractivity (Wildman–Crippen MR) is 37.9 cm³/mol. The van der Waals surface area contributed by atoms with Gasteiger partial charge in [0.1, 0.15) is 0 Å². The van der Waals surface area contributed by atoms with E-state index in [1.54, 1.807) is 0 Å². The second-order valence-corrected chi connectivity index (χ2v) is 3.42. The molecule has 0 amide bonds. The van der Waals surface area contributed by atoms with Crippen molar-refractivity contribution in [1.29, 1.82) is 0 Å². The fourth-order valence-electron chi connectivity index (χ4n) is 2.20. The molecule has 0 aromatic carbocycles. The van der Waals surface area contributed by atoms with Gasteiger partial charge in [-0.15, -0.1) is 0 Å². The van der Waals surface area contributed by atoms with Crippen molar-refractivity contribution in [2.45, 2.75) is 12.8 Å². The normalized spacial score (nSPS) is 49.7.